The molecule has 3 heteroatoms. The van der Waals surface area contributed by atoms with Crippen molar-refractivity contribution in [2.45, 2.75) is 20.3 Å². The molecule has 0 aliphatic rings. The van der Waals surface area contributed by atoms with Gasteiger partial charge in [0.25, 0.3) is 0 Å². The Morgan fingerprint density at radius 2 is 2.18 bits per heavy atom. The van der Waals surface area contributed by atoms with E-state index >= 15 is 0 Å². The van der Waals surface area contributed by atoms with Gasteiger partial charge in [0, 0.05) is 0 Å². The van der Waals surface area contributed by atoms with Gasteiger partial charge in [-0.15, -0.1) is 0 Å². The van der Waals surface area contributed by atoms with Gasteiger partial charge in [0.05, 0.1) is 12.2 Å². The summed E-state index contributed by atoms with van der Waals surface area (Å²) in [6, 6.07) is 4.22. The predicted molar refractivity (Wildman–Crippen MR) is 65.3 cm³/mol. The van der Waals surface area contributed by atoms with Crippen LogP contribution >= 0.6 is 0 Å². The van der Waals surface area contributed by atoms with E-state index in [1.807, 2.05) is 0 Å². The van der Waals surface area contributed by atoms with Gasteiger partial charge in [0.1, 0.15) is 18.2 Å². The van der Waals surface area contributed by atoms with Crippen molar-refractivity contribution in [3.63, 3.8) is 0 Å². The second kappa shape index (κ2) is 6.93. The third-order valence-electron chi connectivity index (χ3n) is 2.20. The average molecular weight is 236 g/mol. The molecule has 92 valence electrons. The van der Waals surface area contributed by atoms with Crippen LogP contribution in [0.1, 0.15) is 25.8 Å². The third-order valence-corrected chi connectivity index (χ3v) is 2.20. The van der Waals surface area contributed by atoms with E-state index in [4.69, 9.17) is 9.84 Å². The number of halogens is 1. The Balaban J connectivity index is 2.76. The zero-order valence-electron chi connectivity index (χ0n) is 10.2. The Labute approximate surface area is 101 Å². The molecule has 17 heavy (non-hydrogen) atoms. The van der Waals surface area contributed by atoms with Gasteiger partial charge in [-0.3, -0.25) is 0 Å². The van der Waals surface area contributed by atoms with Crippen molar-refractivity contribution in [3.8, 4) is 17.6 Å². The highest BCUT2D eigenvalue weighted by molar-refractivity contribution is 5.46. The number of aliphatic hydroxyl groups is 1. The van der Waals surface area contributed by atoms with Crippen LogP contribution in [0.5, 0.6) is 5.75 Å². The smallest absolute Gasteiger partial charge is 0.135 e. The largest absolute Gasteiger partial charge is 0.492 e. The van der Waals surface area contributed by atoms with Crippen molar-refractivity contribution < 1.29 is 14.2 Å². The van der Waals surface area contributed by atoms with Crippen LogP contribution in [0.3, 0.4) is 0 Å². The fraction of sp³-hybridized carbons (Fsp3) is 0.429. The predicted octanol–water partition coefficient (Wildman–Crippen LogP) is 2.59. The maximum atomic E-state index is 13.0. The third kappa shape index (κ3) is 4.88. The van der Waals surface area contributed by atoms with Crippen molar-refractivity contribution in [1.82, 2.24) is 0 Å². The molecule has 1 aromatic rings. The van der Waals surface area contributed by atoms with Crippen LogP contribution < -0.4 is 4.74 Å². The van der Waals surface area contributed by atoms with Crippen LogP contribution in [0.25, 0.3) is 0 Å². The standard InChI is InChI=1S/C14H17FO2/c1-11(2)7-9-17-14-6-5-13(15)10-12(14)4-3-8-16/h5-6,10-11,16H,7-9H2,1-2H3. The van der Waals surface area contributed by atoms with E-state index in [9.17, 15) is 4.39 Å². The van der Waals surface area contributed by atoms with Crippen molar-refractivity contribution in [2.24, 2.45) is 5.92 Å². The Kier molecular flexibility index (Phi) is 5.51. The fourth-order valence-electron chi connectivity index (χ4n) is 1.27. The molecule has 0 unspecified atom stereocenters. The summed E-state index contributed by atoms with van der Waals surface area (Å²) in [7, 11) is 0. The molecular weight excluding hydrogens is 219 g/mol. The van der Waals surface area contributed by atoms with E-state index in [0.717, 1.165) is 6.42 Å². The molecule has 1 aromatic carbocycles. The molecule has 0 bridgehead atoms. The first kappa shape index (κ1) is 13.5. The van der Waals surface area contributed by atoms with Gasteiger partial charge >= 0.3 is 0 Å². The molecule has 0 aromatic heterocycles. The molecule has 2 nitrogen and oxygen atoms in total. The highest BCUT2D eigenvalue weighted by Crippen LogP contribution is 2.19. The quantitative estimate of drug-likeness (QED) is 0.814. The summed E-state index contributed by atoms with van der Waals surface area (Å²) in [5.41, 5.74) is 0.475. The SMILES string of the molecule is CC(C)CCOc1ccc(F)cc1C#CCO. The maximum Gasteiger partial charge on any atom is 0.135 e. The molecule has 0 fully saturated rings. The first-order valence-electron chi connectivity index (χ1n) is 5.65. The topological polar surface area (TPSA) is 29.5 Å². The number of aliphatic hydroxyl groups excluding tert-OH is 1. The second-order valence-electron chi connectivity index (χ2n) is 4.13. The van der Waals surface area contributed by atoms with Gasteiger partial charge in [0.15, 0.2) is 0 Å². The van der Waals surface area contributed by atoms with Gasteiger partial charge in [0.2, 0.25) is 0 Å². The molecule has 0 spiro atoms. The summed E-state index contributed by atoms with van der Waals surface area (Å²) >= 11 is 0. The van der Waals surface area contributed by atoms with Crippen LogP contribution in [0, 0.1) is 23.6 Å². The molecule has 1 rings (SSSR count). The lowest BCUT2D eigenvalue weighted by molar-refractivity contribution is 0.288. The summed E-state index contributed by atoms with van der Waals surface area (Å²) in [6.07, 6.45) is 0.935. The molecule has 0 saturated carbocycles. The molecule has 0 atom stereocenters. The van der Waals surface area contributed by atoms with Crippen molar-refractivity contribution in [2.75, 3.05) is 13.2 Å². The molecule has 0 aliphatic carbocycles. The first-order valence-corrected chi connectivity index (χ1v) is 5.65. The number of ether oxygens (including phenoxy) is 1. The lowest BCUT2D eigenvalue weighted by Gasteiger charge is -2.09. The highest BCUT2D eigenvalue weighted by atomic mass is 19.1. The van der Waals surface area contributed by atoms with Gasteiger partial charge in [-0.25, -0.2) is 4.39 Å². The van der Waals surface area contributed by atoms with E-state index in [1.165, 1.54) is 12.1 Å². The van der Waals surface area contributed by atoms with Crippen LogP contribution in [-0.4, -0.2) is 18.3 Å². The molecule has 0 aliphatic heterocycles. The van der Waals surface area contributed by atoms with Crippen LogP contribution in [0.15, 0.2) is 18.2 Å². The van der Waals surface area contributed by atoms with E-state index in [1.54, 1.807) is 6.07 Å². The lowest BCUT2D eigenvalue weighted by atomic mass is 10.1. The number of benzene rings is 1. The van der Waals surface area contributed by atoms with Crippen LogP contribution in [0.4, 0.5) is 4.39 Å². The number of hydrogen-bond donors (Lipinski definition) is 1. The average Bonchev–Trinajstić information content (AvgIpc) is 2.28. The lowest BCUT2D eigenvalue weighted by Crippen LogP contribution is -2.02. The van der Waals surface area contributed by atoms with E-state index in [0.29, 0.717) is 23.8 Å². The fourth-order valence-corrected chi connectivity index (χ4v) is 1.27. The summed E-state index contributed by atoms with van der Waals surface area (Å²) in [5, 5.41) is 8.63. The molecule has 0 amide bonds. The monoisotopic (exact) mass is 236 g/mol. The Bertz CT molecular complexity index is 416. The van der Waals surface area contributed by atoms with Gasteiger partial charge in [-0.1, -0.05) is 25.7 Å². The zero-order valence-corrected chi connectivity index (χ0v) is 10.2. The van der Waals surface area contributed by atoms with Crippen molar-refractivity contribution in [3.05, 3.63) is 29.6 Å². The zero-order chi connectivity index (χ0) is 12.7. The van der Waals surface area contributed by atoms with Crippen molar-refractivity contribution >= 4 is 0 Å². The summed E-state index contributed by atoms with van der Waals surface area (Å²) in [5.74, 6) is 5.93. The molecule has 0 saturated heterocycles. The summed E-state index contributed by atoms with van der Waals surface area (Å²) in [4.78, 5) is 0. The minimum atomic E-state index is -0.358. The first-order chi connectivity index (χ1) is 8.13. The van der Waals surface area contributed by atoms with E-state index in [2.05, 4.69) is 25.7 Å². The molecular formula is C14H17FO2. The molecule has 0 radical (unpaired) electrons. The Morgan fingerprint density at radius 1 is 1.41 bits per heavy atom. The van der Waals surface area contributed by atoms with E-state index in [-0.39, 0.29) is 12.4 Å². The Morgan fingerprint density at radius 3 is 2.82 bits per heavy atom. The van der Waals surface area contributed by atoms with Gasteiger partial charge < -0.3 is 9.84 Å². The van der Waals surface area contributed by atoms with Crippen molar-refractivity contribution in [1.29, 1.82) is 0 Å². The molecule has 0 heterocycles. The minimum Gasteiger partial charge on any atom is -0.492 e. The minimum absolute atomic E-state index is 0.248. The number of rotatable bonds is 4. The molecule has 1 N–H and O–H groups in total. The van der Waals surface area contributed by atoms with E-state index < -0.39 is 0 Å². The van der Waals surface area contributed by atoms with Crippen LogP contribution in [-0.2, 0) is 0 Å². The second-order valence-corrected chi connectivity index (χ2v) is 4.13. The van der Waals surface area contributed by atoms with Crippen LogP contribution in [0.2, 0.25) is 0 Å². The number of hydrogen-bond acceptors (Lipinski definition) is 2. The van der Waals surface area contributed by atoms with Gasteiger partial charge in [-0.05, 0) is 30.5 Å². The van der Waals surface area contributed by atoms with Gasteiger partial charge in [-0.2, -0.15) is 0 Å². The summed E-state index contributed by atoms with van der Waals surface area (Å²) < 4.78 is 18.6. The maximum absolute atomic E-state index is 13.0. The highest BCUT2D eigenvalue weighted by Gasteiger charge is 2.03. The normalized spacial score (nSPS) is 9.94. The Hall–Kier alpha value is -1.53. The summed E-state index contributed by atoms with van der Waals surface area (Å²) in [6.45, 7) is 4.56.